The van der Waals surface area contributed by atoms with Crippen LogP contribution < -0.4 is 5.32 Å². The van der Waals surface area contributed by atoms with Crippen molar-refractivity contribution in [2.75, 3.05) is 7.05 Å². The molecule has 4 aliphatic rings. The predicted octanol–water partition coefficient (Wildman–Crippen LogP) is 3.24. The number of nitrogens with one attached hydrogen (secondary N) is 1. The van der Waals surface area contributed by atoms with Gasteiger partial charge in [0.05, 0.1) is 12.2 Å². The lowest BCUT2D eigenvalue weighted by molar-refractivity contribution is -0.00524. The van der Waals surface area contributed by atoms with Crippen LogP contribution in [0.1, 0.15) is 55.0 Å². The molecule has 5 rings (SSSR count). The minimum atomic E-state index is 0.696. The fourth-order valence-corrected chi connectivity index (χ4v) is 5.39. The van der Waals surface area contributed by atoms with E-state index in [9.17, 15) is 0 Å². The smallest absolute Gasteiger partial charge is 0.153 e. The number of nitrogens with zero attached hydrogens (tertiary/aromatic N) is 1. The van der Waals surface area contributed by atoms with Crippen LogP contribution in [-0.2, 0) is 6.54 Å². The predicted molar refractivity (Wildman–Crippen MR) is 73.8 cm³/mol. The summed E-state index contributed by atoms with van der Waals surface area (Å²) in [6.45, 7) is 3.00. The van der Waals surface area contributed by atoms with Gasteiger partial charge in [-0.15, -0.1) is 0 Å². The third-order valence-electron chi connectivity index (χ3n) is 5.94. The van der Waals surface area contributed by atoms with Crippen molar-refractivity contribution in [3.8, 4) is 0 Å². The maximum Gasteiger partial charge on any atom is 0.153 e. The molecule has 0 saturated heterocycles. The average molecular weight is 260 g/mol. The molecule has 0 spiro atoms. The van der Waals surface area contributed by atoms with Crippen LogP contribution in [-0.4, -0.2) is 12.2 Å². The van der Waals surface area contributed by atoms with E-state index in [1.165, 1.54) is 43.4 Å². The second-order valence-corrected chi connectivity index (χ2v) is 7.10. The van der Waals surface area contributed by atoms with Crippen molar-refractivity contribution in [2.24, 2.45) is 23.7 Å². The van der Waals surface area contributed by atoms with Crippen molar-refractivity contribution < 1.29 is 4.52 Å². The van der Waals surface area contributed by atoms with Gasteiger partial charge in [0.1, 0.15) is 0 Å². The fourth-order valence-electron chi connectivity index (χ4n) is 5.39. The van der Waals surface area contributed by atoms with Gasteiger partial charge in [0.15, 0.2) is 5.76 Å². The van der Waals surface area contributed by atoms with E-state index in [1.54, 1.807) is 0 Å². The topological polar surface area (TPSA) is 38.1 Å². The van der Waals surface area contributed by atoms with Crippen LogP contribution in [0.3, 0.4) is 0 Å². The van der Waals surface area contributed by atoms with Crippen LogP contribution in [0.25, 0.3) is 0 Å². The Morgan fingerprint density at radius 1 is 1.11 bits per heavy atom. The molecule has 0 amide bonds. The normalized spacial score (nSPS) is 40.0. The molecule has 0 unspecified atom stereocenters. The molecule has 4 fully saturated rings. The summed E-state index contributed by atoms with van der Waals surface area (Å²) in [5.41, 5.74) is 2.60. The minimum absolute atomic E-state index is 0.696. The maximum absolute atomic E-state index is 5.58. The van der Waals surface area contributed by atoms with Gasteiger partial charge in [-0.1, -0.05) is 5.16 Å². The molecule has 0 atom stereocenters. The summed E-state index contributed by atoms with van der Waals surface area (Å²) >= 11 is 0. The third-order valence-corrected chi connectivity index (χ3v) is 5.94. The highest BCUT2D eigenvalue weighted by Gasteiger charge is 2.50. The van der Waals surface area contributed by atoms with E-state index in [-0.39, 0.29) is 0 Å². The van der Waals surface area contributed by atoms with Crippen molar-refractivity contribution in [3.05, 3.63) is 17.0 Å². The van der Waals surface area contributed by atoms with E-state index < -0.39 is 0 Å². The van der Waals surface area contributed by atoms with E-state index >= 15 is 0 Å². The molecule has 4 bridgehead atoms. The summed E-state index contributed by atoms with van der Waals surface area (Å²) < 4.78 is 5.58. The molecule has 4 aliphatic carbocycles. The lowest BCUT2D eigenvalue weighted by Gasteiger charge is -2.54. The average Bonchev–Trinajstić information content (AvgIpc) is 2.71. The van der Waals surface area contributed by atoms with Crippen molar-refractivity contribution in [1.82, 2.24) is 10.5 Å². The molecule has 1 heterocycles. The van der Waals surface area contributed by atoms with Gasteiger partial charge in [-0.3, -0.25) is 0 Å². The van der Waals surface area contributed by atoms with Crippen LogP contribution in [0.4, 0.5) is 0 Å². The largest absolute Gasteiger partial charge is 0.359 e. The molecule has 1 aromatic rings. The molecule has 0 radical (unpaired) electrons. The lowest BCUT2D eigenvalue weighted by Crippen LogP contribution is -2.44. The Labute approximate surface area is 115 Å². The molecule has 104 valence electrons. The Morgan fingerprint density at radius 3 is 2.32 bits per heavy atom. The third kappa shape index (κ3) is 1.78. The van der Waals surface area contributed by atoms with Gasteiger partial charge in [0, 0.05) is 11.5 Å². The molecular formula is C16H24N2O. The second kappa shape index (κ2) is 4.34. The van der Waals surface area contributed by atoms with E-state index in [2.05, 4.69) is 17.4 Å². The van der Waals surface area contributed by atoms with Crippen LogP contribution >= 0.6 is 0 Å². The number of aromatic nitrogens is 1. The Kier molecular flexibility index (Phi) is 2.73. The highest BCUT2D eigenvalue weighted by molar-refractivity contribution is 5.27. The summed E-state index contributed by atoms with van der Waals surface area (Å²) in [7, 11) is 1.96. The molecule has 4 saturated carbocycles. The standard InChI is InChI=1S/C16H24N2O/c1-9-14(8-17-2)19-18-16(9)15-12-4-10-3-11(6-12)7-13(15)5-10/h10-13,15,17H,3-8H2,1-2H3. The molecule has 1 N–H and O–H groups in total. The van der Waals surface area contributed by atoms with E-state index in [0.717, 1.165) is 36.0 Å². The van der Waals surface area contributed by atoms with Crippen molar-refractivity contribution in [1.29, 1.82) is 0 Å². The molecular weight excluding hydrogens is 236 g/mol. The van der Waals surface area contributed by atoms with Crippen LogP contribution in [0, 0.1) is 30.6 Å². The van der Waals surface area contributed by atoms with Crippen molar-refractivity contribution in [2.45, 2.75) is 51.5 Å². The molecule has 1 aromatic heterocycles. The number of hydrogen-bond donors (Lipinski definition) is 1. The Balaban J connectivity index is 1.65. The first kappa shape index (κ1) is 12.0. The van der Waals surface area contributed by atoms with E-state index in [1.807, 2.05) is 7.05 Å². The number of hydrogen-bond acceptors (Lipinski definition) is 3. The first-order valence-corrected chi connectivity index (χ1v) is 7.86. The lowest BCUT2D eigenvalue weighted by atomic mass is 9.51. The highest BCUT2D eigenvalue weighted by Crippen LogP contribution is 2.59. The van der Waals surface area contributed by atoms with Crippen LogP contribution in [0.15, 0.2) is 4.52 Å². The highest BCUT2D eigenvalue weighted by atomic mass is 16.5. The van der Waals surface area contributed by atoms with Gasteiger partial charge in [0.2, 0.25) is 0 Å². The van der Waals surface area contributed by atoms with Gasteiger partial charge in [-0.05, 0) is 69.7 Å². The quantitative estimate of drug-likeness (QED) is 0.906. The summed E-state index contributed by atoms with van der Waals surface area (Å²) in [5, 5.41) is 7.64. The zero-order valence-corrected chi connectivity index (χ0v) is 12.0. The Morgan fingerprint density at radius 2 is 1.74 bits per heavy atom. The monoisotopic (exact) mass is 260 g/mol. The zero-order valence-electron chi connectivity index (χ0n) is 12.0. The summed E-state index contributed by atoms with van der Waals surface area (Å²) in [6.07, 6.45) is 7.32. The first-order valence-electron chi connectivity index (χ1n) is 7.86. The molecule has 19 heavy (non-hydrogen) atoms. The first-order chi connectivity index (χ1) is 9.26. The van der Waals surface area contributed by atoms with Crippen molar-refractivity contribution >= 4 is 0 Å². The summed E-state index contributed by atoms with van der Waals surface area (Å²) in [6, 6.07) is 0. The summed E-state index contributed by atoms with van der Waals surface area (Å²) in [4.78, 5) is 0. The van der Waals surface area contributed by atoms with E-state index in [4.69, 9.17) is 4.52 Å². The zero-order chi connectivity index (χ0) is 13.0. The molecule has 3 heteroatoms. The van der Waals surface area contributed by atoms with Gasteiger partial charge in [-0.25, -0.2) is 0 Å². The Bertz CT molecular complexity index is 451. The fraction of sp³-hybridized carbons (Fsp3) is 0.812. The van der Waals surface area contributed by atoms with Gasteiger partial charge >= 0.3 is 0 Å². The summed E-state index contributed by atoms with van der Waals surface area (Å²) in [5.74, 6) is 5.57. The minimum Gasteiger partial charge on any atom is -0.359 e. The van der Waals surface area contributed by atoms with E-state index in [0.29, 0.717) is 5.92 Å². The van der Waals surface area contributed by atoms with Crippen LogP contribution in [0.2, 0.25) is 0 Å². The molecule has 0 aromatic carbocycles. The Hall–Kier alpha value is -0.830. The number of rotatable bonds is 3. The van der Waals surface area contributed by atoms with Gasteiger partial charge < -0.3 is 9.84 Å². The SMILES string of the molecule is CNCc1onc(C2C3CC4CC(C3)CC2C4)c1C. The van der Waals surface area contributed by atoms with Gasteiger partial charge in [-0.2, -0.15) is 0 Å². The van der Waals surface area contributed by atoms with Crippen LogP contribution in [0.5, 0.6) is 0 Å². The van der Waals surface area contributed by atoms with Gasteiger partial charge in [0.25, 0.3) is 0 Å². The molecule has 3 nitrogen and oxygen atoms in total. The van der Waals surface area contributed by atoms with Crippen molar-refractivity contribution in [3.63, 3.8) is 0 Å². The maximum atomic E-state index is 5.58. The molecule has 0 aliphatic heterocycles. The second-order valence-electron chi connectivity index (χ2n) is 7.10.